The number of cyclic esters (lactones) is 2. The molecule has 3 N–H and O–H groups in total. The van der Waals surface area contributed by atoms with Crippen LogP contribution < -0.4 is 0 Å². The summed E-state index contributed by atoms with van der Waals surface area (Å²) in [7, 11) is 0. The highest BCUT2D eigenvalue weighted by Crippen LogP contribution is 2.72. The molecule has 2 heterocycles. The van der Waals surface area contributed by atoms with Gasteiger partial charge in [-0.3, -0.25) is 0 Å². The van der Waals surface area contributed by atoms with Crippen LogP contribution in [0.5, 0.6) is 5.75 Å². The summed E-state index contributed by atoms with van der Waals surface area (Å²) in [5.74, 6) is 0.0952. The van der Waals surface area contributed by atoms with Crippen LogP contribution in [-0.2, 0) is 25.5 Å². The fraction of sp³-hybridized carbons (Fsp3) is 0.364. The smallest absolute Gasteiger partial charge is 0.340 e. The number of ether oxygens (including phenoxy) is 2. The van der Waals surface area contributed by atoms with E-state index >= 15 is 0 Å². The van der Waals surface area contributed by atoms with E-state index in [4.69, 9.17) is 9.47 Å². The van der Waals surface area contributed by atoms with Crippen LogP contribution >= 0.6 is 0 Å². The first kappa shape index (κ1) is 33.4. The number of carbonyl (C=O) groups excluding carboxylic acids is 2. The average Bonchev–Trinajstić information content (AvgIpc) is 3.63. The summed E-state index contributed by atoms with van der Waals surface area (Å²) >= 11 is 0. The Morgan fingerprint density at radius 1 is 0.902 bits per heavy atom. The topological polar surface area (TPSA) is 113 Å². The quantitative estimate of drug-likeness (QED) is 0.188. The number of aliphatic hydroxyl groups excluding tert-OH is 2. The molecule has 51 heavy (non-hydrogen) atoms. The van der Waals surface area contributed by atoms with E-state index in [9.17, 15) is 24.9 Å². The van der Waals surface area contributed by atoms with Crippen molar-refractivity contribution in [2.75, 3.05) is 13.2 Å². The average molecular weight is 685 g/mol. The fourth-order valence-electron chi connectivity index (χ4n) is 9.76. The molecule has 7 heteroatoms. The number of benzene rings is 3. The zero-order valence-electron chi connectivity index (χ0n) is 28.9. The van der Waals surface area contributed by atoms with Gasteiger partial charge in [-0.05, 0) is 121 Å². The van der Waals surface area contributed by atoms with E-state index < -0.39 is 11.4 Å². The Morgan fingerprint density at radius 3 is 2.41 bits per heavy atom. The minimum atomic E-state index is -0.913. The van der Waals surface area contributed by atoms with Crippen LogP contribution in [0.4, 0.5) is 0 Å². The molecule has 9 rings (SSSR count). The number of esters is 2. The lowest BCUT2D eigenvalue weighted by molar-refractivity contribution is -0.135. The van der Waals surface area contributed by atoms with E-state index in [0.717, 1.165) is 46.2 Å². The molecule has 0 amide bonds. The van der Waals surface area contributed by atoms with Crippen molar-refractivity contribution in [1.82, 2.24) is 0 Å². The van der Waals surface area contributed by atoms with Crippen LogP contribution in [0.15, 0.2) is 119 Å². The number of rotatable bonds is 10. The normalized spacial score (nSPS) is 27.7. The molecule has 6 atom stereocenters. The minimum Gasteiger partial charge on any atom is -0.508 e. The first-order valence-corrected chi connectivity index (χ1v) is 18.3. The lowest BCUT2D eigenvalue weighted by Crippen LogP contribution is -2.52. The zero-order valence-corrected chi connectivity index (χ0v) is 28.9. The predicted octanol–water partition coefficient (Wildman–Crippen LogP) is 7.69. The molecular weight excluding hydrogens is 640 g/mol. The Kier molecular flexibility index (Phi) is 8.81. The van der Waals surface area contributed by atoms with Gasteiger partial charge in [-0.1, -0.05) is 73.7 Å². The van der Waals surface area contributed by atoms with Crippen LogP contribution in [0.2, 0.25) is 0 Å². The SMILES string of the molecule is CC(CO)CC=C1OC(=O)C2=C1CCC1C3CCC4(C(=CC(CCO)Cc5ccccc5)OC(=O)C4=C3c3cc(O)ccc3-c3ccccc3)C21. The van der Waals surface area contributed by atoms with Gasteiger partial charge in [0.25, 0.3) is 0 Å². The number of fused-ring (bicyclic) bond motifs is 1. The second-order valence-corrected chi connectivity index (χ2v) is 14.9. The van der Waals surface area contributed by atoms with Crippen LogP contribution in [-0.4, -0.2) is 40.5 Å². The van der Waals surface area contributed by atoms with Crippen molar-refractivity contribution in [3.63, 3.8) is 0 Å². The van der Waals surface area contributed by atoms with E-state index in [1.165, 1.54) is 0 Å². The van der Waals surface area contributed by atoms with Gasteiger partial charge in [0, 0.05) is 30.3 Å². The predicted molar refractivity (Wildman–Crippen MR) is 193 cm³/mol. The van der Waals surface area contributed by atoms with Gasteiger partial charge in [0.15, 0.2) is 0 Å². The standard InChI is InChI=1S/C44H44O7/c1-26(25-46)12-17-36-34-16-15-33-32-18-20-44(40(33)39(34)42(48)50-36)37(23-28(19-21-45)22-27-8-4-2-5-9-27)51-43(49)41(44)38(32)35-24-30(47)13-14-31(35)29-10-6-3-7-11-29/h2-11,13-14,17,23-24,26,28,32-33,40,45-47H,12,15-16,18-22,25H2,1H3. The number of hydrogen-bond donors (Lipinski definition) is 3. The number of hydrogen-bond acceptors (Lipinski definition) is 7. The minimum absolute atomic E-state index is 0.0178. The summed E-state index contributed by atoms with van der Waals surface area (Å²) in [4.78, 5) is 28.6. The molecule has 2 fully saturated rings. The third-order valence-corrected chi connectivity index (χ3v) is 12.0. The Balaban J connectivity index is 1.35. The van der Waals surface area contributed by atoms with Crippen molar-refractivity contribution in [1.29, 1.82) is 0 Å². The van der Waals surface area contributed by atoms with Crippen molar-refractivity contribution in [2.24, 2.45) is 35.0 Å². The monoisotopic (exact) mass is 684 g/mol. The lowest BCUT2D eigenvalue weighted by Gasteiger charge is -2.56. The van der Waals surface area contributed by atoms with Crippen molar-refractivity contribution in [3.8, 4) is 16.9 Å². The number of phenolic OH excluding ortho intramolecular Hbond substituents is 1. The van der Waals surface area contributed by atoms with Gasteiger partial charge in [0.2, 0.25) is 0 Å². The molecule has 2 bridgehead atoms. The number of phenols is 1. The zero-order chi connectivity index (χ0) is 35.3. The maximum Gasteiger partial charge on any atom is 0.340 e. The van der Waals surface area contributed by atoms with E-state index in [2.05, 4.69) is 18.2 Å². The van der Waals surface area contributed by atoms with E-state index in [0.29, 0.717) is 54.8 Å². The second-order valence-electron chi connectivity index (χ2n) is 14.9. The van der Waals surface area contributed by atoms with Crippen molar-refractivity contribution >= 4 is 17.5 Å². The Morgan fingerprint density at radius 2 is 1.67 bits per heavy atom. The third kappa shape index (κ3) is 5.58. The second kappa shape index (κ2) is 13.4. The Hall–Kier alpha value is -4.72. The van der Waals surface area contributed by atoms with Gasteiger partial charge in [-0.25, -0.2) is 9.59 Å². The summed E-state index contributed by atoms with van der Waals surface area (Å²) in [5.41, 5.74) is 6.01. The Labute approximate surface area is 298 Å². The molecule has 3 aromatic carbocycles. The van der Waals surface area contributed by atoms with Crippen molar-refractivity contribution in [3.05, 3.63) is 130 Å². The maximum atomic E-state index is 14.5. The van der Waals surface area contributed by atoms with Gasteiger partial charge in [-0.15, -0.1) is 0 Å². The van der Waals surface area contributed by atoms with E-state index in [1.54, 1.807) is 12.1 Å². The van der Waals surface area contributed by atoms with Gasteiger partial charge in [0.1, 0.15) is 17.3 Å². The number of allylic oxidation sites excluding steroid dienone is 5. The van der Waals surface area contributed by atoms with Crippen molar-refractivity contribution < 1.29 is 34.4 Å². The number of carbonyl (C=O) groups is 2. The Bertz CT molecular complexity index is 1990. The summed E-state index contributed by atoms with van der Waals surface area (Å²) in [6, 6.07) is 25.5. The molecule has 1 saturated heterocycles. The summed E-state index contributed by atoms with van der Waals surface area (Å²) in [6.45, 7) is 1.98. The summed E-state index contributed by atoms with van der Waals surface area (Å²) in [6.07, 6.45) is 8.66. The van der Waals surface area contributed by atoms with Crippen LogP contribution in [0, 0.1) is 35.0 Å². The molecule has 0 radical (unpaired) electrons. The molecule has 0 aromatic heterocycles. The van der Waals surface area contributed by atoms with Gasteiger partial charge >= 0.3 is 11.9 Å². The fourth-order valence-corrected chi connectivity index (χ4v) is 9.76. The van der Waals surface area contributed by atoms with Gasteiger partial charge in [-0.2, -0.15) is 0 Å². The van der Waals surface area contributed by atoms with Crippen LogP contribution in [0.25, 0.3) is 16.7 Å². The highest BCUT2D eigenvalue weighted by Gasteiger charge is 2.68. The molecule has 262 valence electrons. The molecule has 4 aliphatic carbocycles. The highest BCUT2D eigenvalue weighted by atomic mass is 16.5. The lowest BCUT2D eigenvalue weighted by atomic mass is 9.44. The molecule has 7 nitrogen and oxygen atoms in total. The molecule has 6 unspecified atom stereocenters. The maximum absolute atomic E-state index is 14.5. The van der Waals surface area contributed by atoms with Crippen molar-refractivity contribution in [2.45, 2.75) is 51.9 Å². The van der Waals surface area contributed by atoms with Crippen LogP contribution in [0.1, 0.15) is 56.6 Å². The molecule has 1 spiro atoms. The van der Waals surface area contributed by atoms with E-state index in [1.807, 2.05) is 67.6 Å². The molecule has 6 aliphatic rings. The third-order valence-electron chi connectivity index (χ3n) is 12.0. The molecule has 3 aromatic rings. The summed E-state index contributed by atoms with van der Waals surface area (Å²) in [5, 5.41) is 30.8. The van der Waals surface area contributed by atoms with Gasteiger partial charge in [0.05, 0.1) is 11.0 Å². The summed E-state index contributed by atoms with van der Waals surface area (Å²) < 4.78 is 12.4. The first-order valence-electron chi connectivity index (χ1n) is 18.3. The molecule has 2 aliphatic heterocycles. The van der Waals surface area contributed by atoms with Crippen LogP contribution in [0.3, 0.4) is 0 Å². The largest absolute Gasteiger partial charge is 0.508 e. The van der Waals surface area contributed by atoms with E-state index in [-0.39, 0.29) is 54.5 Å². The highest BCUT2D eigenvalue weighted by molar-refractivity contribution is 6.07. The first-order chi connectivity index (χ1) is 24.8. The molecule has 1 saturated carbocycles. The molecular formula is C44H44O7. The van der Waals surface area contributed by atoms with Gasteiger partial charge < -0.3 is 24.8 Å². The number of aliphatic hydroxyl groups is 2. The number of aromatic hydroxyl groups is 1.